The van der Waals surface area contributed by atoms with E-state index < -0.39 is 42.6 Å². The highest BCUT2D eigenvalue weighted by Crippen LogP contribution is 2.44. The number of urea groups is 1. The molecule has 11 nitrogen and oxygen atoms in total. The van der Waals surface area contributed by atoms with Crippen molar-refractivity contribution in [2.24, 2.45) is 10.1 Å². The number of rotatable bonds is 15. The molecule has 262 valence electrons. The molecule has 51 heavy (non-hydrogen) atoms. The van der Waals surface area contributed by atoms with Crippen LogP contribution in [0.5, 0.6) is 0 Å². The summed E-state index contributed by atoms with van der Waals surface area (Å²) in [6.45, 7) is 4.88. The molecule has 0 aliphatic heterocycles. The molecule has 3 N–H and O–H groups in total. The van der Waals surface area contributed by atoms with E-state index in [0.717, 1.165) is 33.4 Å². The third-order valence-corrected chi connectivity index (χ3v) is 8.28. The Balaban J connectivity index is 1.36. The standard InChI is InChI=1S/C40H41N5O6/c1-3-15-34(42-40(49)51-26-33-31-22-13-11-20-29(31)30-21-12-14-23-32(30)33)37(38(47)41-25-35(46)50-24-4-2)44-45-39(48)43-36(27-16-7-5-8-17-27)28-18-9-6-10-19-28/h4-14,16-23,33-34,36H,2-3,15,24-26H2,1H3,(H,41,47)(H,42,49)(H2,43,45,48)/p-1/t34-/m1/s1. The molecule has 11 heteroatoms. The highest BCUT2D eigenvalue weighted by atomic mass is 16.6. The first kappa shape index (κ1) is 36.1. The molecule has 0 heterocycles. The predicted octanol–water partition coefficient (Wildman–Crippen LogP) is 4.99. The van der Waals surface area contributed by atoms with Gasteiger partial charge in [-0.25, -0.2) is 10.2 Å². The SMILES string of the molecule is C=CCOC(=O)CNC(=O)C(=NNC(=O)NC(c1ccccc1)c1ccccc1)[C@@H](CCC)N=C([O-])OCC1c2ccccc2-c2ccccc21. The minimum Gasteiger partial charge on any atom is -0.599 e. The van der Waals surface area contributed by atoms with Gasteiger partial charge in [0.1, 0.15) is 31.0 Å². The smallest absolute Gasteiger partial charge is 0.335 e. The maximum atomic E-state index is 13.5. The molecular formula is C40H40N5O6-. The number of esters is 1. The zero-order valence-electron chi connectivity index (χ0n) is 28.3. The normalized spacial score (nSPS) is 13.1. The Morgan fingerprint density at radius 1 is 0.843 bits per heavy atom. The van der Waals surface area contributed by atoms with E-state index in [1.54, 1.807) is 0 Å². The Morgan fingerprint density at radius 3 is 1.98 bits per heavy atom. The molecule has 0 fully saturated rings. The van der Waals surface area contributed by atoms with Crippen molar-refractivity contribution < 1.29 is 29.0 Å². The lowest BCUT2D eigenvalue weighted by molar-refractivity contribution is -0.251. The van der Waals surface area contributed by atoms with Gasteiger partial charge in [0.25, 0.3) is 5.91 Å². The minimum absolute atomic E-state index is 0.0308. The summed E-state index contributed by atoms with van der Waals surface area (Å²) in [6.07, 6.45) is 1.24. The molecule has 3 amide bonds. The van der Waals surface area contributed by atoms with Gasteiger partial charge in [-0.1, -0.05) is 135 Å². The number of nitrogens with zero attached hydrogens (tertiary/aromatic N) is 2. The summed E-state index contributed by atoms with van der Waals surface area (Å²) in [7, 11) is 0. The summed E-state index contributed by atoms with van der Waals surface area (Å²) in [5, 5.41) is 22.8. The minimum atomic E-state index is -1.10. The van der Waals surface area contributed by atoms with Crippen molar-refractivity contribution in [2.75, 3.05) is 19.8 Å². The average molecular weight is 687 g/mol. The van der Waals surface area contributed by atoms with Crippen LogP contribution in [0.4, 0.5) is 4.79 Å². The van der Waals surface area contributed by atoms with Gasteiger partial charge in [-0.2, -0.15) is 5.10 Å². The Labute approximate surface area is 297 Å². The number of hydrazone groups is 1. The van der Waals surface area contributed by atoms with E-state index in [9.17, 15) is 19.5 Å². The number of hydrogen-bond donors (Lipinski definition) is 3. The van der Waals surface area contributed by atoms with Crippen molar-refractivity contribution in [1.29, 1.82) is 0 Å². The zero-order chi connectivity index (χ0) is 36.0. The van der Waals surface area contributed by atoms with Crippen LogP contribution in [0.3, 0.4) is 0 Å². The second-order valence-corrected chi connectivity index (χ2v) is 11.7. The fraction of sp³-hybridized carbons (Fsp3) is 0.225. The lowest BCUT2D eigenvalue weighted by Crippen LogP contribution is -2.44. The van der Waals surface area contributed by atoms with Gasteiger partial charge in [0, 0.05) is 12.5 Å². The molecule has 1 atom stereocenters. The Hall–Kier alpha value is -6.23. The molecular weight excluding hydrogens is 646 g/mol. The van der Waals surface area contributed by atoms with E-state index in [4.69, 9.17) is 9.47 Å². The maximum Gasteiger partial charge on any atom is 0.335 e. The van der Waals surface area contributed by atoms with Crippen LogP contribution in [0.15, 0.2) is 132 Å². The second-order valence-electron chi connectivity index (χ2n) is 11.7. The summed E-state index contributed by atoms with van der Waals surface area (Å²) in [6, 6.07) is 32.3. The molecule has 0 bridgehead atoms. The molecule has 1 aliphatic carbocycles. The number of hydrogen-bond acceptors (Lipinski definition) is 8. The van der Waals surface area contributed by atoms with Crippen LogP contribution in [-0.4, -0.2) is 55.5 Å². The molecule has 0 unspecified atom stereocenters. The van der Waals surface area contributed by atoms with E-state index >= 15 is 0 Å². The molecule has 4 aromatic carbocycles. The predicted molar refractivity (Wildman–Crippen MR) is 194 cm³/mol. The summed E-state index contributed by atoms with van der Waals surface area (Å²) < 4.78 is 10.7. The molecule has 5 rings (SSSR count). The Kier molecular flexibility index (Phi) is 12.7. The Bertz CT molecular complexity index is 1790. The van der Waals surface area contributed by atoms with E-state index in [2.05, 4.69) is 32.7 Å². The number of benzene rings is 4. The van der Waals surface area contributed by atoms with Gasteiger partial charge in [0.15, 0.2) is 0 Å². The third-order valence-electron chi connectivity index (χ3n) is 8.28. The van der Waals surface area contributed by atoms with E-state index in [0.29, 0.717) is 6.42 Å². The van der Waals surface area contributed by atoms with Crippen LogP contribution in [0.1, 0.15) is 54.0 Å². The zero-order valence-corrected chi connectivity index (χ0v) is 28.3. The molecule has 0 radical (unpaired) electrons. The first-order chi connectivity index (χ1) is 24.9. The molecule has 1 aliphatic rings. The first-order valence-corrected chi connectivity index (χ1v) is 16.7. The highest BCUT2D eigenvalue weighted by molar-refractivity contribution is 6.41. The average Bonchev–Trinajstić information content (AvgIpc) is 3.48. The topological polar surface area (TPSA) is 154 Å². The second kappa shape index (κ2) is 18.0. The van der Waals surface area contributed by atoms with Crippen LogP contribution in [0, 0.1) is 0 Å². The lowest BCUT2D eigenvalue weighted by atomic mass is 9.98. The monoisotopic (exact) mass is 686 g/mol. The summed E-state index contributed by atoms with van der Waals surface area (Å²) >= 11 is 0. The van der Waals surface area contributed by atoms with Crippen LogP contribution >= 0.6 is 0 Å². The van der Waals surface area contributed by atoms with Crippen LogP contribution in [-0.2, 0) is 19.1 Å². The first-order valence-electron chi connectivity index (χ1n) is 16.7. The summed E-state index contributed by atoms with van der Waals surface area (Å²) in [4.78, 5) is 43.1. The van der Waals surface area contributed by atoms with E-state index in [1.807, 2.05) is 116 Å². The molecule has 0 aromatic heterocycles. The van der Waals surface area contributed by atoms with Crippen LogP contribution < -0.4 is 21.2 Å². The van der Waals surface area contributed by atoms with Crippen molar-refractivity contribution >= 4 is 29.7 Å². The number of amides is 3. The third kappa shape index (κ3) is 9.48. The largest absolute Gasteiger partial charge is 0.599 e. The molecule has 0 saturated carbocycles. The van der Waals surface area contributed by atoms with Gasteiger partial charge in [0.05, 0.1) is 6.04 Å². The lowest BCUT2D eigenvalue weighted by Gasteiger charge is -2.23. The number of fused-ring (bicyclic) bond motifs is 3. The summed E-state index contributed by atoms with van der Waals surface area (Å²) in [5.41, 5.74) is 8.02. The van der Waals surface area contributed by atoms with Crippen LogP contribution in [0.25, 0.3) is 11.1 Å². The highest BCUT2D eigenvalue weighted by Gasteiger charge is 2.28. The molecule has 0 spiro atoms. The van der Waals surface area contributed by atoms with Crippen LogP contribution in [0.2, 0.25) is 0 Å². The van der Waals surface area contributed by atoms with E-state index in [1.165, 1.54) is 6.08 Å². The fourth-order valence-corrected chi connectivity index (χ4v) is 5.94. The number of carbonyl (C=O) groups is 3. The van der Waals surface area contributed by atoms with Gasteiger partial charge >= 0.3 is 12.0 Å². The summed E-state index contributed by atoms with van der Waals surface area (Å²) in [5.74, 6) is -1.71. The van der Waals surface area contributed by atoms with Crippen molar-refractivity contribution in [1.82, 2.24) is 16.1 Å². The number of aliphatic imine (C=N–C) groups is 1. The van der Waals surface area contributed by atoms with Crippen molar-refractivity contribution in [2.45, 2.75) is 37.8 Å². The fourth-order valence-electron chi connectivity index (χ4n) is 5.94. The van der Waals surface area contributed by atoms with Gasteiger partial charge in [0.2, 0.25) is 0 Å². The maximum absolute atomic E-state index is 13.5. The van der Waals surface area contributed by atoms with Gasteiger partial charge in [-0.15, -0.1) is 0 Å². The number of ether oxygens (including phenoxy) is 2. The van der Waals surface area contributed by atoms with Gasteiger partial charge in [-0.05, 0) is 39.8 Å². The van der Waals surface area contributed by atoms with Gasteiger partial charge < -0.3 is 25.2 Å². The Morgan fingerprint density at radius 2 is 1.41 bits per heavy atom. The quantitative estimate of drug-likeness (QED) is 0.0527. The van der Waals surface area contributed by atoms with Crippen molar-refractivity contribution in [3.63, 3.8) is 0 Å². The van der Waals surface area contributed by atoms with Crippen molar-refractivity contribution in [3.05, 3.63) is 144 Å². The van der Waals surface area contributed by atoms with Gasteiger partial charge in [-0.3, -0.25) is 14.6 Å². The number of nitrogens with one attached hydrogen (secondary N) is 3. The van der Waals surface area contributed by atoms with Crippen molar-refractivity contribution in [3.8, 4) is 11.1 Å². The molecule has 0 saturated heterocycles. The molecule has 4 aromatic rings. The number of carbonyl (C=O) groups excluding carboxylic acids is 3. The van der Waals surface area contributed by atoms with E-state index in [-0.39, 0.29) is 31.3 Å².